The summed E-state index contributed by atoms with van der Waals surface area (Å²) in [7, 11) is 0. The average Bonchev–Trinajstić information content (AvgIpc) is 2.70. The first-order valence-electron chi connectivity index (χ1n) is 8.65. The van der Waals surface area contributed by atoms with Gasteiger partial charge in [-0.15, -0.1) is 0 Å². The fourth-order valence-electron chi connectivity index (χ4n) is 3.14. The lowest BCUT2D eigenvalue weighted by molar-refractivity contribution is 0.515. The van der Waals surface area contributed by atoms with Crippen LogP contribution in [-0.4, -0.2) is 15.0 Å². The van der Waals surface area contributed by atoms with Gasteiger partial charge in [-0.2, -0.15) is 0 Å². The first-order chi connectivity index (χ1) is 13.5. The number of H-pyrrole nitrogens is 1. The smallest absolute Gasteiger partial charge is 0.248 e. The van der Waals surface area contributed by atoms with E-state index in [-0.39, 0.29) is 12.1 Å². The molecule has 28 heavy (non-hydrogen) atoms. The van der Waals surface area contributed by atoms with Crippen molar-refractivity contribution >= 4 is 22.4 Å². The largest absolute Gasteiger partial charge is 0.322 e. The minimum absolute atomic E-state index is 0.144. The number of aryl methyl sites for hydroxylation is 1. The van der Waals surface area contributed by atoms with E-state index >= 15 is 0 Å². The molecule has 2 heterocycles. The van der Waals surface area contributed by atoms with E-state index in [0.29, 0.717) is 22.6 Å². The maximum atomic E-state index is 14.2. The second-order valence-electron chi connectivity index (χ2n) is 6.33. The van der Waals surface area contributed by atoms with Crippen LogP contribution < -0.4 is 10.5 Å². The van der Waals surface area contributed by atoms with Gasteiger partial charge in [0, 0.05) is 23.3 Å². The number of aromatic amines is 1. The molecule has 0 atom stereocenters. The van der Waals surface area contributed by atoms with Gasteiger partial charge in [0.05, 0.1) is 12.1 Å². The molecule has 2 aromatic carbocycles. The predicted octanol–water partition coefficient (Wildman–Crippen LogP) is 4.24. The van der Waals surface area contributed by atoms with Crippen molar-refractivity contribution in [3.05, 3.63) is 94.2 Å². The second-order valence-corrected chi connectivity index (χ2v) is 6.33. The third kappa shape index (κ3) is 3.34. The number of halogens is 2. The van der Waals surface area contributed by atoms with Crippen LogP contribution in [0.2, 0.25) is 0 Å². The molecule has 0 fully saturated rings. The van der Waals surface area contributed by atoms with Crippen LogP contribution in [0, 0.1) is 18.6 Å². The molecule has 0 aliphatic rings. The molecule has 0 saturated heterocycles. The first kappa shape index (κ1) is 17.8. The number of benzene rings is 2. The van der Waals surface area contributed by atoms with Crippen LogP contribution in [0.5, 0.6) is 0 Å². The van der Waals surface area contributed by atoms with Crippen molar-refractivity contribution in [1.82, 2.24) is 15.0 Å². The number of aromatic nitrogens is 3. The van der Waals surface area contributed by atoms with Crippen LogP contribution in [0.4, 0.5) is 20.3 Å². The van der Waals surface area contributed by atoms with Crippen LogP contribution in [0.25, 0.3) is 10.9 Å². The molecule has 4 rings (SSSR count). The van der Waals surface area contributed by atoms with Crippen molar-refractivity contribution in [2.45, 2.75) is 13.5 Å². The zero-order chi connectivity index (χ0) is 19.7. The zero-order valence-corrected chi connectivity index (χ0v) is 15.0. The molecule has 4 aromatic rings. The molecule has 2 aromatic heterocycles. The summed E-state index contributed by atoms with van der Waals surface area (Å²) in [4.78, 5) is 25.0. The van der Waals surface area contributed by atoms with Crippen LogP contribution in [0.3, 0.4) is 0 Å². The van der Waals surface area contributed by atoms with Crippen LogP contribution in [-0.2, 0) is 6.54 Å². The van der Waals surface area contributed by atoms with Gasteiger partial charge in [0.2, 0.25) is 5.56 Å². The Morgan fingerprint density at radius 1 is 1.07 bits per heavy atom. The van der Waals surface area contributed by atoms with Crippen molar-refractivity contribution in [3.63, 3.8) is 0 Å². The van der Waals surface area contributed by atoms with E-state index in [1.165, 1.54) is 12.1 Å². The highest BCUT2D eigenvalue weighted by Gasteiger charge is 2.17. The Bertz CT molecular complexity index is 1210. The number of fused-ring (bicyclic) bond motifs is 1. The highest BCUT2D eigenvalue weighted by atomic mass is 19.2. The number of nitrogens with one attached hydrogen (secondary N) is 1. The summed E-state index contributed by atoms with van der Waals surface area (Å²) >= 11 is 0. The van der Waals surface area contributed by atoms with Gasteiger partial charge in [0.15, 0.2) is 11.6 Å². The lowest BCUT2D eigenvalue weighted by Gasteiger charge is -2.24. The number of pyridine rings is 1. The summed E-state index contributed by atoms with van der Waals surface area (Å²) < 4.78 is 27.8. The fraction of sp³-hybridized carbons (Fsp3) is 0.0952. The van der Waals surface area contributed by atoms with E-state index in [1.807, 2.05) is 35.2 Å². The second kappa shape index (κ2) is 7.19. The van der Waals surface area contributed by atoms with E-state index in [9.17, 15) is 13.6 Å². The first-order valence-corrected chi connectivity index (χ1v) is 8.65. The van der Waals surface area contributed by atoms with Gasteiger partial charge in [-0.1, -0.05) is 18.2 Å². The van der Waals surface area contributed by atoms with Crippen LogP contribution >= 0.6 is 0 Å². The maximum Gasteiger partial charge on any atom is 0.248 e. The zero-order valence-electron chi connectivity index (χ0n) is 15.0. The molecule has 0 aliphatic carbocycles. The van der Waals surface area contributed by atoms with E-state index in [2.05, 4.69) is 15.0 Å². The Kier molecular flexibility index (Phi) is 4.57. The highest BCUT2D eigenvalue weighted by molar-refractivity contribution is 5.83. The summed E-state index contributed by atoms with van der Waals surface area (Å²) in [5, 5.41) is 0.435. The van der Waals surface area contributed by atoms with Crippen molar-refractivity contribution < 1.29 is 8.78 Å². The number of hydrogen-bond donors (Lipinski definition) is 1. The van der Waals surface area contributed by atoms with Gasteiger partial charge in [-0.05, 0) is 42.8 Å². The third-order valence-corrected chi connectivity index (χ3v) is 4.43. The molecule has 0 amide bonds. The summed E-state index contributed by atoms with van der Waals surface area (Å²) in [5.41, 5.74) is 0.752. The molecule has 0 unspecified atom stereocenters. The number of hydrogen-bond acceptors (Lipinski definition) is 4. The molecule has 140 valence electrons. The minimum atomic E-state index is -1.07. The number of anilines is 2. The van der Waals surface area contributed by atoms with Gasteiger partial charge in [-0.3, -0.25) is 4.79 Å². The van der Waals surface area contributed by atoms with Gasteiger partial charge in [-0.25, -0.2) is 18.7 Å². The third-order valence-electron chi connectivity index (χ3n) is 4.43. The molecule has 1 N–H and O–H groups in total. The molecular formula is C21H16F2N4O. The van der Waals surface area contributed by atoms with Gasteiger partial charge in [0.25, 0.3) is 0 Å². The van der Waals surface area contributed by atoms with Gasteiger partial charge < -0.3 is 9.88 Å². The molecule has 0 radical (unpaired) electrons. The molecule has 0 saturated carbocycles. The quantitative estimate of drug-likeness (QED) is 0.577. The van der Waals surface area contributed by atoms with Gasteiger partial charge in [0.1, 0.15) is 11.6 Å². The summed E-state index contributed by atoms with van der Waals surface area (Å²) in [6.45, 7) is 2.03. The molecule has 5 nitrogen and oxygen atoms in total. The van der Waals surface area contributed by atoms with Crippen molar-refractivity contribution in [3.8, 4) is 0 Å². The van der Waals surface area contributed by atoms with Crippen LogP contribution in [0.15, 0.2) is 65.6 Å². The van der Waals surface area contributed by atoms with Crippen molar-refractivity contribution in [2.24, 2.45) is 0 Å². The SMILES string of the molecule is Cc1nccc(N(Cc2cc(=O)[nH]c3c(F)c(F)ccc23)c2ccccc2)n1. The molecule has 0 aliphatic heterocycles. The summed E-state index contributed by atoms with van der Waals surface area (Å²) in [6.07, 6.45) is 1.65. The molecular weight excluding hydrogens is 362 g/mol. The van der Waals surface area contributed by atoms with E-state index in [0.717, 1.165) is 11.8 Å². The van der Waals surface area contributed by atoms with E-state index in [1.54, 1.807) is 19.2 Å². The lowest BCUT2D eigenvalue weighted by atomic mass is 10.1. The fourth-order valence-corrected chi connectivity index (χ4v) is 3.14. The number of nitrogens with zero attached hydrogens (tertiary/aromatic N) is 3. The number of rotatable bonds is 4. The Morgan fingerprint density at radius 3 is 2.61 bits per heavy atom. The number of para-hydroxylation sites is 1. The highest BCUT2D eigenvalue weighted by Crippen LogP contribution is 2.28. The Labute approximate surface area is 159 Å². The Balaban J connectivity index is 1.88. The topological polar surface area (TPSA) is 61.9 Å². The maximum absolute atomic E-state index is 14.2. The normalized spacial score (nSPS) is 11.0. The molecule has 0 bridgehead atoms. The standard InChI is InChI=1S/C21H16F2N4O/c1-13-24-10-9-18(25-13)27(15-5-3-2-4-6-15)12-14-11-19(28)26-21-16(14)7-8-17(22)20(21)23/h2-11H,12H2,1H3,(H,26,28). The minimum Gasteiger partial charge on any atom is -0.322 e. The van der Waals surface area contributed by atoms with Crippen LogP contribution in [0.1, 0.15) is 11.4 Å². The molecule has 0 spiro atoms. The summed E-state index contributed by atoms with van der Waals surface area (Å²) in [5.74, 6) is -0.843. The molecule has 7 heteroatoms. The van der Waals surface area contributed by atoms with Crippen molar-refractivity contribution in [1.29, 1.82) is 0 Å². The van der Waals surface area contributed by atoms with Crippen molar-refractivity contribution in [2.75, 3.05) is 4.90 Å². The Hall–Kier alpha value is -3.61. The average molecular weight is 378 g/mol. The summed E-state index contributed by atoms with van der Waals surface area (Å²) in [6, 6.07) is 15.2. The van der Waals surface area contributed by atoms with Gasteiger partial charge >= 0.3 is 0 Å². The van der Waals surface area contributed by atoms with E-state index < -0.39 is 17.2 Å². The Morgan fingerprint density at radius 2 is 1.86 bits per heavy atom. The lowest BCUT2D eigenvalue weighted by Crippen LogP contribution is -2.20. The monoisotopic (exact) mass is 378 g/mol. The van der Waals surface area contributed by atoms with E-state index in [4.69, 9.17) is 0 Å². The predicted molar refractivity (Wildman–Crippen MR) is 104 cm³/mol.